The zero-order valence-electron chi connectivity index (χ0n) is 9.40. The van der Waals surface area contributed by atoms with Crippen LogP contribution >= 0.6 is 11.8 Å². The van der Waals surface area contributed by atoms with Gasteiger partial charge in [0.15, 0.2) is 0 Å². The highest BCUT2D eigenvalue weighted by atomic mass is 32.2. The summed E-state index contributed by atoms with van der Waals surface area (Å²) in [6.07, 6.45) is 2.48. The van der Waals surface area contributed by atoms with Crippen molar-refractivity contribution < 1.29 is 9.90 Å². The molecule has 2 nitrogen and oxygen atoms in total. The number of carboxylic acids is 1. The highest BCUT2D eigenvalue weighted by Gasteiger charge is 2.43. The van der Waals surface area contributed by atoms with Crippen LogP contribution in [-0.4, -0.2) is 22.6 Å². The molecule has 0 heterocycles. The summed E-state index contributed by atoms with van der Waals surface area (Å²) >= 11 is 1.97. The average Bonchev–Trinajstić information content (AvgIpc) is 3.08. The van der Waals surface area contributed by atoms with Crippen molar-refractivity contribution in [1.82, 2.24) is 0 Å². The van der Waals surface area contributed by atoms with E-state index in [9.17, 15) is 4.79 Å². The second-order valence-corrected chi connectivity index (χ2v) is 5.57. The number of thioether (sulfide) groups is 1. The molecule has 2 rings (SSSR count). The fourth-order valence-electron chi connectivity index (χ4n) is 1.93. The van der Waals surface area contributed by atoms with Crippen LogP contribution in [0.15, 0.2) is 24.3 Å². The molecule has 0 spiro atoms. The maximum Gasteiger partial charge on any atom is 0.335 e. The van der Waals surface area contributed by atoms with Crippen LogP contribution in [0.3, 0.4) is 0 Å². The van der Waals surface area contributed by atoms with Crippen molar-refractivity contribution in [3.63, 3.8) is 0 Å². The predicted molar refractivity (Wildman–Crippen MR) is 67.3 cm³/mol. The van der Waals surface area contributed by atoms with Gasteiger partial charge in [0.2, 0.25) is 0 Å². The Kier molecular flexibility index (Phi) is 3.24. The Labute approximate surface area is 100 Å². The lowest BCUT2D eigenvalue weighted by atomic mass is 9.97. The van der Waals surface area contributed by atoms with E-state index in [0.29, 0.717) is 11.0 Å². The Bertz CT molecular complexity index is 379. The summed E-state index contributed by atoms with van der Waals surface area (Å²) in [6, 6.07) is 7.39. The number of hydrogen-bond acceptors (Lipinski definition) is 2. The molecule has 1 aromatic carbocycles. The first kappa shape index (κ1) is 11.5. The molecule has 1 saturated carbocycles. The molecule has 0 radical (unpaired) electrons. The molecule has 0 atom stereocenters. The zero-order valence-corrected chi connectivity index (χ0v) is 10.2. The SMILES string of the molecule is CCSCC1(c2ccc(C(=O)O)cc2)CC1. The van der Waals surface area contributed by atoms with Gasteiger partial charge in [0.1, 0.15) is 0 Å². The van der Waals surface area contributed by atoms with E-state index in [0.717, 1.165) is 11.5 Å². The van der Waals surface area contributed by atoms with Crippen molar-refractivity contribution in [3.8, 4) is 0 Å². The van der Waals surface area contributed by atoms with E-state index in [-0.39, 0.29) is 0 Å². The van der Waals surface area contributed by atoms with Crippen LogP contribution in [0, 0.1) is 0 Å². The largest absolute Gasteiger partial charge is 0.478 e. The van der Waals surface area contributed by atoms with Gasteiger partial charge in [0.25, 0.3) is 0 Å². The lowest BCUT2D eigenvalue weighted by Gasteiger charge is -2.14. The van der Waals surface area contributed by atoms with Gasteiger partial charge in [-0.15, -0.1) is 0 Å². The molecule has 1 aliphatic carbocycles. The monoisotopic (exact) mass is 236 g/mol. The number of rotatable bonds is 5. The Hall–Kier alpha value is -0.960. The highest BCUT2D eigenvalue weighted by molar-refractivity contribution is 7.99. The molecular weight excluding hydrogens is 220 g/mol. The molecule has 0 amide bonds. The van der Waals surface area contributed by atoms with Gasteiger partial charge in [-0.2, -0.15) is 11.8 Å². The van der Waals surface area contributed by atoms with E-state index < -0.39 is 5.97 Å². The molecule has 0 aromatic heterocycles. The third-order valence-corrected chi connectivity index (χ3v) is 4.35. The number of carboxylic acid groups (broad SMARTS) is 1. The number of hydrogen-bond donors (Lipinski definition) is 1. The van der Waals surface area contributed by atoms with Gasteiger partial charge >= 0.3 is 5.97 Å². The molecule has 1 aromatic rings. The summed E-state index contributed by atoms with van der Waals surface area (Å²) in [5, 5.41) is 8.83. The lowest BCUT2D eigenvalue weighted by molar-refractivity contribution is 0.0697. The molecule has 1 N–H and O–H groups in total. The van der Waals surface area contributed by atoms with Gasteiger partial charge in [-0.25, -0.2) is 4.79 Å². The molecule has 1 aliphatic rings. The molecule has 0 unspecified atom stereocenters. The third-order valence-electron chi connectivity index (χ3n) is 3.18. The van der Waals surface area contributed by atoms with E-state index in [4.69, 9.17) is 5.11 Å². The minimum absolute atomic E-state index is 0.345. The smallest absolute Gasteiger partial charge is 0.335 e. The van der Waals surface area contributed by atoms with Crippen molar-refractivity contribution in [3.05, 3.63) is 35.4 Å². The Balaban J connectivity index is 2.12. The molecule has 86 valence electrons. The van der Waals surface area contributed by atoms with Crippen molar-refractivity contribution in [2.24, 2.45) is 0 Å². The first-order valence-corrected chi connectivity index (χ1v) is 6.75. The van der Waals surface area contributed by atoms with Crippen LogP contribution in [0.5, 0.6) is 0 Å². The Morgan fingerprint density at radius 2 is 2.00 bits per heavy atom. The van der Waals surface area contributed by atoms with Gasteiger partial charge in [-0.05, 0) is 36.3 Å². The van der Waals surface area contributed by atoms with Crippen LogP contribution in [0.4, 0.5) is 0 Å². The third kappa shape index (κ3) is 2.24. The fourth-order valence-corrected chi connectivity index (χ4v) is 2.98. The first-order valence-electron chi connectivity index (χ1n) is 5.59. The minimum atomic E-state index is -0.848. The van der Waals surface area contributed by atoms with Gasteiger partial charge < -0.3 is 5.11 Å². The average molecular weight is 236 g/mol. The van der Waals surface area contributed by atoms with Crippen LogP contribution in [0.25, 0.3) is 0 Å². The Morgan fingerprint density at radius 3 is 2.44 bits per heavy atom. The van der Waals surface area contributed by atoms with Crippen molar-refractivity contribution in [2.45, 2.75) is 25.2 Å². The topological polar surface area (TPSA) is 37.3 Å². The minimum Gasteiger partial charge on any atom is -0.478 e. The number of aromatic carboxylic acids is 1. The normalized spacial score (nSPS) is 17.1. The van der Waals surface area contributed by atoms with Crippen LogP contribution in [-0.2, 0) is 5.41 Å². The summed E-state index contributed by atoms with van der Waals surface area (Å²) in [7, 11) is 0. The van der Waals surface area contributed by atoms with E-state index in [1.807, 2.05) is 23.9 Å². The molecular formula is C13H16O2S. The molecule has 0 aliphatic heterocycles. The molecule has 3 heteroatoms. The van der Waals surface area contributed by atoms with E-state index in [1.165, 1.54) is 18.4 Å². The lowest BCUT2D eigenvalue weighted by Crippen LogP contribution is -2.10. The summed E-state index contributed by atoms with van der Waals surface area (Å²) in [4.78, 5) is 10.7. The molecule has 0 saturated heterocycles. The van der Waals surface area contributed by atoms with Crippen molar-refractivity contribution >= 4 is 17.7 Å². The number of benzene rings is 1. The second kappa shape index (κ2) is 4.50. The molecule has 1 fully saturated rings. The summed E-state index contributed by atoms with van der Waals surface area (Å²) < 4.78 is 0. The van der Waals surface area contributed by atoms with Crippen LogP contribution < -0.4 is 0 Å². The molecule has 0 bridgehead atoms. The van der Waals surface area contributed by atoms with Gasteiger partial charge in [0, 0.05) is 11.2 Å². The van der Waals surface area contributed by atoms with Crippen molar-refractivity contribution in [1.29, 1.82) is 0 Å². The van der Waals surface area contributed by atoms with E-state index in [1.54, 1.807) is 12.1 Å². The highest BCUT2D eigenvalue weighted by Crippen LogP contribution is 2.50. The fraction of sp³-hybridized carbons (Fsp3) is 0.462. The number of carbonyl (C=O) groups is 1. The van der Waals surface area contributed by atoms with Crippen LogP contribution in [0.1, 0.15) is 35.7 Å². The van der Waals surface area contributed by atoms with E-state index in [2.05, 4.69) is 6.92 Å². The van der Waals surface area contributed by atoms with E-state index >= 15 is 0 Å². The van der Waals surface area contributed by atoms with Gasteiger partial charge in [-0.3, -0.25) is 0 Å². The zero-order chi connectivity index (χ0) is 11.6. The Morgan fingerprint density at radius 1 is 1.38 bits per heavy atom. The quantitative estimate of drug-likeness (QED) is 0.853. The first-order chi connectivity index (χ1) is 7.68. The summed E-state index contributed by atoms with van der Waals surface area (Å²) in [6.45, 7) is 2.17. The second-order valence-electron chi connectivity index (χ2n) is 4.30. The summed E-state index contributed by atoms with van der Waals surface area (Å²) in [5.74, 6) is 1.46. The maximum atomic E-state index is 10.7. The maximum absolute atomic E-state index is 10.7. The van der Waals surface area contributed by atoms with Crippen molar-refractivity contribution in [2.75, 3.05) is 11.5 Å². The van der Waals surface area contributed by atoms with Gasteiger partial charge in [0.05, 0.1) is 5.56 Å². The van der Waals surface area contributed by atoms with Gasteiger partial charge in [-0.1, -0.05) is 19.1 Å². The van der Waals surface area contributed by atoms with Crippen LogP contribution in [0.2, 0.25) is 0 Å². The standard InChI is InChI=1S/C13H16O2S/c1-2-16-9-13(7-8-13)11-5-3-10(4-6-11)12(14)15/h3-6H,2,7-9H2,1H3,(H,14,15). The predicted octanol–water partition coefficient (Wildman–Crippen LogP) is 3.17. The molecule has 16 heavy (non-hydrogen) atoms. The summed E-state index contributed by atoms with van der Waals surface area (Å²) in [5.41, 5.74) is 2.03.